The zero-order valence-corrected chi connectivity index (χ0v) is 10.5. The van der Waals surface area contributed by atoms with Gasteiger partial charge in [0.1, 0.15) is 5.78 Å². The van der Waals surface area contributed by atoms with E-state index in [0.717, 1.165) is 32.0 Å². The highest BCUT2D eigenvalue weighted by Crippen LogP contribution is 2.21. The topological polar surface area (TPSA) is 20.3 Å². The van der Waals surface area contributed by atoms with Crippen molar-refractivity contribution in [2.75, 3.05) is 13.1 Å². The first-order valence-corrected chi connectivity index (χ1v) is 6.23. The molecule has 1 fully saturated rings. The second-order valence-electron chi connectivity index (χ2n) is 4.87. The predicted octanol–water partition coefficient (Wildman–Crippen LogP) is 2.77. The third-order valence-electron chi connectivity index (χ3n) is 3.59. The Morgan fingerprint density at radius 3 is 2.61 bits per heavy atom. The number of nitrogens with zero attached hydrogens (tertiary/aromatic N) is 1. The lowest BCUT2D eigenvalue weighted by Crippen LogP contribution is -2.35. The molecule has 0 aromatic heterocycles. The molecule has 0 aliphatic carbocycles. The van der Waals surface area contributed by atoms with Gasteiger partial charge in [-0.2, -0.15) is 0 Å². The second kappa shape index (κ2) is 5.57. The van der Waals surface area contributed by atoms with E-state index < -0.39 is 11.6 Å². The summed E-state index contributed by atoms with van der Waals surface area (Å²) >= 11 is 0. The number of Topliss-reactive ketones (excluding diaryl/α,β-unsaturated/α-hetero) is 1. The van der Waals surface area contributed by atoms with E-state index in [-0.39, 0.29) is 11.7 Å². The van der Waals surface area contributed by atoms with Crippen molar-refractivity contribution in [3.05, 3.63) is 35.4 Å². The first-order valence-electron chi connectivity index (χ1n) is 6.23. The standard InChI is InChI=1S/C14H17F2NO/c1-10(18)11-5-7-17(8-6-11)9-12-3-2-4-13(15)14(12)16/h2-4,11H,5-9H2,1H3. The summed E-state index contributed by atoms with van der Waals surface area (Å²) in [6.07, 6.45) is 1.62. The third-order valence-corrected chi connectivity index (χ3v) is 3.59. The van der Waals surface area contributed by atoms with Gasteiger partial charge in [-0.1, -0.05) is 12.1 Å². The molecule has 1 aromatic carbocycles. The molecular weight excluding hydrogens is 236 g/mol. The Kier molecular flexibility index (Phi) is 4.07. The number of halogens is 2. The lowest BCUT2D eigenvalue weighted by molar-refractivity contribution is -0.122. The molecule has 98 valence electrons. The summed E-state index contributed by atoms with van der Waals surface area (Å²) in [7, 11) is 0. The summed E-state index contributed by atoms with van der Waals surface area (Å²) in [6.45, 7) is 3.56. The molecule has 2 nitrogen and oxygen atoms in total. The first kappa shape index (κ1) is 13.1. The van der Waals surface area contributed by atoms with Crippen LogP contribution < -0.4 is 0 Å². The summed E-state index contributed by atoms with van der Waals surface area (Å²) in [5.74, 6) is -1.19. The number of hydrogen-bond donors (Lipinski definition) is 0. The SMILES string of the molecule is CC(=O)C1CCN(Cc2cccc(F)c2F)CC1. The van der Waals surface area contributed by atoms with Gasteiger partial charge in [0.05, 0.1) is 0 Å². The van der Waals surface area contributed by atoms with E-state index in [0.29, 0.717) is 12.1 Å². The fraction of sp³-hybridized carbons (Fsp3) is 0.500. The molecule has 1 saturated heterocycles. The average Bonchev–Trinajstić information content (AvgIpc) is 2.36. The average molecular weight is 253 g/mol. The summed E-state index contributed by atoms with van der Waals surface area (Å²) in [4.78, 5) is 13.3. The first-order chi connectivity index (χ1) is 8.58. The number of likely N-dealkylation sites (tertiary alicyclic amines) is 1. The number of carbonyl (C=O) groups is 1. The van der Waals surface area contributed by atoms with Crippen molar-refractivity contribution in [3.8, 4) is 0 Å². The Balaban J connectivity index is 1.96. The highest BCUT2D eigenvalue weighted by atomic mass is 19.2. The van der Waals surface area contributed by atoms with Gasteiger partial charge in [-0.3, -0.25) is 9.69 Å². The lowest BCUT2D eigenvalue weighted by atomic mass is 9.93. The molecule has 0 unspecified atom stereocenters. The van der Waals surface area contributed by atoms with Gasteiger partial charge >= 0.3 is 0 Å². The fourth-order valence-electron chi connectivity index (χ4n) is 2.41. The smallest absolute Gasteiger partial charge is 0.163 e. The quantitative estimate of drug-likeness (QED) is 0.825. The van der Waals surface area contributed by atoms with Crippen molar-refractivity contribution in [3.63, 3.8) is 0 Å². The summed E-state index contributed by atoms with van der Waals surface area (Å²) in [6, 6.07) is 4.26. The van der Waals surface area contributed by atoms with E-state index in [1.54, 1.807) is 13.0 Å². The minimum Gasteiger partial charge on any atom is -0.300 e. The lowest BCUT2D eigenvalue weighted by Gasteiger charge is -2.30. The molecule has 0 saturated carbocycles. The monoisotopic (exact) mass is 253 g/mol. The van der Waals surface area contributed by atoms with Crippen molar-refractivity contribution >= 4 is 5.78 Å². The highest BCUT2D eigenvalue weighted by Gasteiger charge is 2.23. The Hall–Kier alpha value is -1.29. The zero-order chi connectivity index (χ0) is 13.1. The highest BCUT2D eigenvalue weighted by molar-refractivity contribution is 5.78. The van der Waals surface area contributed by atoms with Crippen LogP contribution in [0.4, 0.5) is 8.78 Å². The molecule has 1 aromatic rings. The molecular formula is C14H17F2NO. The molecule has 0 N–H and O–H groups in total. The maximum atomic E-state index is 13.5. The Morgan fingerprint density at radius 2 is 2.00 bits per heavy atom. The van der Waals surface area contributed by atoms with Crippen molar-refractivity contribution in [2.45, 2.75) is 26.3 Å². The second-order valence-corrected chi connectivity index (χ2v) is 4.87. The molecule has 0 atom stereocenters. The van der Waals surface area contributed by atoms with Gasteiger partial charge in [0, 0.05) is 18.0 Å². The van der Waals surface area contributed by atoms with Crippen LogP contribution in [0.5, 0.6) is 0 Å². The molecule has 1 aliphatic rings. The van der Waals surface area contributed by atoms with Crippen molar-refractivity contribution < 1.29 is 13.6 Å². The number of piperidine rings is 1. The van der Waals surface area contributed by atoms with Gasteiger partial charge < -0.3 is 0 Å². The van der Waals surface area contributed by atoms with Crippen molar-refractivity contribution in [2.24, 2.45) is 5.92 Å². The molecule has 0 bridgehead atoms. The normalized spacial score (nSPS) is 17.9. The predicted molar refractivity (Wildman–Crippen MR) is 65.0 cm³/mol. The van der Waals surface area contributed by atoms with Gasteiger partial charge in [0.15, 0.2) is 11.6 Å². The largest absolute Gasteiger partial charge is 0.300 e. The van der Waals surface area contributed by atoms with E-state index in [9.17, 15) is 13.6 Å². The van der Waals surface area contributed by atoms with Crippen molar-refractivity contribution in [1.29, 1.82) is 0 Å². The van der Waals surface area contributed by atoms with Crippen LogP contribution in [-0.4, -0.2) is 23.8 Å². The van der Waals surface area contributed by atoms with E-state index in [4.69, 9.17) is 0 Å². The molecule has 4 heteroatoms. The molecule has 0 amide bonds. The minimum absolute atomic E-state index is 0.138. The van der Waals surface area contributed by atoms with Crippen LogP contribution in [0, 0.1) is 17.6 Å². The Morgan fingerprint density at radius 1 is 1.33 bits per heavy atom. The molecule has 18 heavy (non-hydrogen) atoms. The number of rotatable bonds is 3. The molecule has 1 heterocycles. The molecule has 0 radical (unpaired) electrons. The van der Waals surface area contributed by atoms with Gasteiger partial charge in [0.25, 0.3) is 0 Å². The number of benzene rings is 1. The minimum atomic E-state index is -0.800. The zero-order valence-electron chi connectivity index (χ0n) is 10.5. The molecule has 2 rings (SSSR count). The maximum absolute atomic E-state index is 13.5. The van der Waals surface area contributed by atoms with Crippen LogP contribution in [0.3, 0.4) is 0 Å². The van der Waals surface area contributed by atoms with Crippen LogP contribution in [0.15, 0.2) is 18.2 Å². The van der Waals surface area contributed by atoms with Gasteiger partial charge in [-0.05, 0) is 38.9 Å². The summed E-state index contributed by atoms with van der Waals surface area (Å²) < 4.78 is 26.6. The van der Waals surface area contributed by atoms with Crippen LogP contribution in [0.2, 0.25) is 0 Å². The number of ketones is 1. The van der Waals surface area contributed by atoms with Gasteiger partial charge in [-0.15, -0.1) is 0 Å². The number of carbonyl (C=O) groups excluding carboxylic acids is 1. The van der Waals surface area contributed by atoms with Gasteiger partial charge in [0.2, 0.25) is 0 Å². The van der Waals surface area contributed by atoms with Crippen LogP contribution in [0.1, 0.15) is 25.3 Å². The fourth-order valence-corrected chi connectivity index (χ4v) is 2.41. The van der Waals surface area contributed by atoms with E-state index in [1.165, 1.54) is 6.07 Å². The molecule has 1 aliphatic heterocycles. The van der Waals surface area contributed by atoms with Crippen molar-refractivity contribution in [1.82, 2.24) is 4.90 Å². The van der Waals surface area contributed by atoms with Gasteiger partial charge in [-0.25, -0.2) is 8.78 Å². The van der Waals surface area contributed by atoms with Crippen LogP contribution in [-0.2, 0) is 11.3 Å². The van der Waals surface area contributed by atoms with E-state index in [2.05, 4.69) is 4.90 Å². The van der Waals surface area contributed by atoms with Crippen LogP contribution in [0.25, 0.3) is 0 Å². The third kappa shape index (κ3) is 2.93. The van der Waals surface area contributed by atoms with E-state index >= 15 is 0 Å². The summed E-state index contributed by atoms with van der Waals surface area (Å²) in [5, 5.41) is 0. The Bertz CT molecular complexity index is 439. The van der Waals surface area contributed by atoms with E-state index in [1.807, 2.05) is 0 Å². The molecule has 0 spiro atoms. The summed E-state index contributed by atoms with van der Waals surface area (Å²) in [5.41, 5.74) is 0.385. The number of hydrogen-bond acceptors (Lipinski definition) is 2. The Labute approximate surface area is 106 Å². The maximum Gasteiger partial charge on any atom is 0.163 e. The van der Waals surface area contributed by atoms with Crippen LogP contribution >= 0.6 is 0 Å².